The van der Waals surface area contributed by atoms with Gasteiger partial charge in [0.05, 0.1) is 18.9 Å². The summed E-state index contributed by atoms with van der Waals surface area (Å²) in [5, 5.41) is 6.88. The van der Waals surface area contributed by atoms with Crippen LogP contribution in [0.4, 0.5) is 0 Å². The van der Waals surface area contributed by atoms with Gasteiger partial charge in [0.15, 0.2) is 0 Å². The summed E-state index contributed by atoms with van der Waals surface area (Å²) in [5.41, 5.74) is 2.50. The minimum Gasteiger partial charge on any atom is -0.383 e. The Labute approximate surface area is 126 Å². The molecule has 0 unspecified atom stereocenters. The van der Waals surface area contributed by atoms with E-state index in [4.69, 9.17) is 9.47 Å². The third kappa shape index (κ3) is 5.36. The van der Waals surface area contributed by atoms with Crippen molar-refractivity contribution >= 4 is 10.2 Å². The van der Waals surface area contributed by atoms with Gasteiger partial charge >= 0.3 is 0 Å². The highest BCUT2D eigenvalue weighted by Crippen LogP contribution is 2.10. The summed E-state index contributed by atoms with van der Waals surface area (Å²) in [6, 6.07) is 0. The van der Waals surface area contributed by atoms with Crippen molar-refractivity contribution in [2.45, 2.75) is 20.4 Å². The van der Waals surface area contributed by atoms with E-state index in [9.17, 15) is 8.42 Å². The molecule has 0 saturated carbocycles. The standard InChI is InChI=1S/C12H24N4O4S/c1-10-12(11(2)15-14-10)9-13-21(17,18)16(5-7-19-3)6-8-20-4/h13H,5-9H2,1-4H3,(H,14,15). The van der Waals surface area contributed by atoms with Crippen LogP contribution in [0, 0.1) is 13.8 Å². The Morgan fingerprint density at radius 2 is 1.76 bits per heavy atom. The van der Waals surface area contributed by atoms with Crippen molar-refractivity contribution < 1.29 is 17.9 Å². The number of hydrogen-bond acceptors (Lipinski definition) is 5. The third-order valence-electron chi connectivity index (χ3n) is 3.14. The average molecular weight is 320 g/mol. The molecule has 9 heteroatoms. The van der Waals surface area contributed by atoms with Crippen LogP contribution < -0.4 is 4.72 Å². The summed E-state index contributed by atoms with van der Waals surface area (Å²) < 4.78 is 38.5. The van der Waals surface area contributed by atoms with E-state index in [-0.39, 0.29) is 19.6 Å². The smallest absolute Gasteiger partial charge is 0.279 e. The number of aromatic nitrogens is 2. The second kappa shape index (κ2) is 8.44. The maximum atomic E-state index is 12.3. The minimum atomic E-state index is -3.59. The van der Waals surface area contributed by atoms with Gasteiger partial charge in [-0.15, -0.1) is 0 Å². The van der Waals surface area contributed by atoms with Gasteiger partial charge in [-0.2, -0.15) is 22.5 Å². The molecule has 1 aromatic heterocycles. The quantitative estimate of drug-likeness (QED) is 0.630. The Hall–Kier alpha value is -1.00. The normalized spacial score (nSPS) is 12.2. The van der Waals surface area contributed by atoms with Crippen molar-refractivity contribution in [1.82, 2.24) is 19.2 Å². The van der Waals surface area contributed by atoms with Crippen molar-refractivity contribution in [3.8, 4) is 0 Å². The Bertz CT molecular complexity index is 502. The summed E-state index contributed by atoms with van der Waals surface area (Å²) >= 11 is 0. The Kier molecular flexibility index (Phi) is 7.26. The Morgan fingerprint density at radius 3 is 2.19 bits per heavy atom. The number of rotatable bonds is 10. The number of nitrogens with zero attached hydrogens (tertiary/aromatic N) is 2. The summed E-state index contributed by atoms with van der Waals surface area (Å²) in [6.45, 7) is 5.10. The molecule has 0 saturated heterocycles. The molecule has 1 aromatic rings. The number of methoxy groups -OCH3 is 2. The molecular weight excluding hydrogens is 296 g/mol. The van der Waals surface area contributed by atoms with E-state index < -0.39 is 10.2 Å². The molecule has 8 nitrogen and oxygen atoms in total. The van der Waals surface area contributed by atoms with E-state index in [1.54, 1.807) is 0 Å². The van der Waals surface area contributed by atoms with Crippen LogP contribution in [-0.4, -0.2) is 63.4 Å². The zero-order valence-corrected chi connectivity index (χ0v) is 13.8. The summed E-state index contributed by atoms with van der Waals surface area (Å²) in [5.74, 6) is 0. The monoisotopic (exact) mass is 320 g/mol. The number of hydrogen-bond donors (Lipinski definition) is 2. The fraction of sp³-hybridized carbons (Fsp3) is 0.750. The zero-order chi connectivity index (χ0) is 15.9. The highest BCUT2D eigenvalue weighted by Gasteiger charge is 2.22. The first-order valence-electron chi connectivity index (χ1n) is 6.65. The molecule has 1 heterocycles. The van der Waals surface area contributed by atoms with E-state index in [0.717, 1.165) is 17.0 Å². The Morgan fingerprint density at radius 1 is 1.19 bits per heavy atom. The lowest BCUT2D eigenvalue weighted by Gasteiger charge is -2.21. The first kappa shape index (κ1) is 18.1. The van der Waals surface area contributed by atoms with Crippen LogP contribution in [0.1, 0.15) is 17.0 Å². The predicted octanol–water partition coefficient (Wildman–Crippen LogP) is -0.0443. The van der Waals surface area contributed by atoms with Crippen LogP contribution in [0.3, 0.4) is 0 Å². The molecule has 0 aliphatic carbocycles. The number of nitrogens with one attached hydrogen (secondary N) is 2. The van der Waals surface area contributed by atoms with Crippen molar-refractivity contribution in [1.29, 1.82) is 0 Å². The van der Waals surface area contributed by atoms with Gasteiger partial charge in [-0.3, -0.25) is 5.10 Å². The summed E-state index contributed by atoms with van der Waals surface area (Å²) in [7, 11) is -0.526. The van der Waals surface area contributed by atoms with Crippen LogP contribution >= 0.6 is 0 Å². The lowest BCUT2D eigenvalue weighted by Crippen LogP contribution is -2.43. The van der Waals surface area contributed by atoms with Crippen molar-refractivity contribution in [2.24, 2.45) is 0 Å². The van der Waals surface area contributed by atoms with E-state index in [2.05, 4.69) is 14.9 Å². The molecule has 2 N–H and O–H groups in total. The van der Waals surface area contributed by atoms with E-state index in [1.807, 2.05) is 13.8 Å². The van der Waals surface area contributed by atoms with Crippen LogP contribution in [-0.2, 0) is 26.2 Å². The molecular formula is C12H24N4O4S. The van der Waals surface area contributed by atoms with Crippen LogP contribution in [0.25, 0.3) is 0 Å². The maximum Gasteiger partial charge on any atom is 0.279 e. The minimum absolute atomic E-state index is 0.201. The van der Waals surface area contributed by atoms with Gasteiger partial charge in [-0.25, -0.2) is 0 Å². The zero-order valence-electron chi connectivity index (χ0n) is 13.0. The van der Waals surface area contributed by atoms with Gasteiger partial charge < -0.3 is 9.47 Å². The molecule has 1 rings (SSSR count). The number of aromatic amines is 1. The molecule has 0 aromatic carbocycles. The van der Waals surface area contributed by atoms with Crippen molar-refractivity contribution in [2.75, 3.05) is 40.5 Å². The Balaban J connectivity index is 2.71. The predicted molar refractivity (Wildman–Crippen MR) is 79.1 cm³/mol. The molecule has 0 atom stereocenters. The van der Waals surface area contributed by atoms with Gasteiger partial charge in [0.1, 0.15) is 0 Å². The summed E-state index contributed by atoms with van der Waals surface area (Å²) in [6.07, 6.45) is 0. The fourth-order valence-electron chi connectivity index (χ4n) is 1.83. The van der Waals surface area contributed by atoms with Crippen molar-refractivity contribution in [3.63, 3.8) is 0 Å². The molecule has 0 radical (unpaired) electrons. The average Bonchev–Trinajstić information content (AvgIpc) is 2.75. The molecule has 0 bridgehead atoms. The van der Waals surface area contributed by atoms with Crippen LogP contribution in [0.5, 0.6) is 0 Å². The number of H-pyrrole nitrogens is 1. The molecule has 0 fully saturated rings. The van der Waals surface area contributed by atoms with Crippen molar-refractivity contribution in [3.05, 3.63) is 17.0 Å². The van der Waals surface area contributed by atoms with E-state index in [0.29, 0.717) is 13.2 Å². The second-order valence-electron chi connectivity index (χ2n) is 4.62. The second-order valence-corrected chi connectivity index (χ2v) is 6.38. The SMILES string of the molecule is COCCN(CCOC)S(=O)(=O)NCc1c(C)n[nH]c1C. The fourth-order valence-corrected chi connectivity index (χ4v) is 2.97. The topological polar surface area (TPSA) is 96.6 Å². The van der Waals surface area contributed by atoms with Gasteiger partial charge in [-0.05, 0) is 13.8 Å². The van der Waals surface area contributed by atoms with Gasteiger partial charge in [0.25, 0.3) is 10.2 Å². The lowest BCUT2D eigenvalue weighted by molar-refractivity contribution is 0.149. The largest absolute Gasteiger partial charge is 0.383 e. The van der Waals surface area contributed by atoms with E-state index >= 15 is 0 Å². The highest BCUT2D eigenvalue weighted by atomic mass is 32.2. The molecule has 21 heavy (non-hydrogen) atoms. The lowest BCUT2D eigenvalue weighted by atomic mass is 10.2. The maximum absolute atomic E-state index is 12.3. The van der Waals surface area contributed by atoms with Gasteiger partial charge in [0, 0.05) is 45.1 Å². The molecule has 0 aliphatic heterocycles. The van der Waals surface area contributed by atoms with Crippen LogP contribution in [0.2, 0.25) is 0 Å². The van der Waals surface area contributed by atoms with Gasteiger partial charge in [0.2, 0.25) is 0 Å². The number of ether oxygens (including phenoxy) is 2. The summed E-state index contributed by atoms with van der Waals surface area (Å²) in [4.78, 5) is 0. The first-order chi connectivity index (χ1) is 9.92. The first-order valence-corrected chi connectivity index (χ1v) is 8.09. The number of aryl methyl sites for hydroxylation is 2. The third-order valence-corrected chi connectivity index (χ3v) is 4.70. The molecule has 0 amide bonds. The van der Waals surface area contributed by atoms with E-state index in [1.165, 1.54) is 18.5 Å². The highest BCUT2D eigenvalue weighted by molar-refractivity contribution is 7.87. The van der Waals surface area contributed by atoms with Gasteiger partial charge in [-0.1, -0.05) is 0 Å². The van der Waals surface area contributed by atoms with Crippen LogP contribution in [0.15, 0.2) is 0 Å². The molecule has 122 valence electrons. The molecule has 0 spiro atoms. The molecule has 0 aliphatic rings.